The molecule has 108 valence electrons. The number of aryl methyl sites for hydroxylation is 2. The van der Waals surface area contributed by atoms with E-state index in [0.29, 0.717) is 13.0 Å². The maximum atomic E-state index is 9.82. The molecule has 0 saturated heterocycles. The first-order valence-electron chi connectivity index (χ1n) is 7.08. The lowest BCUT2D eigenvalue weighted by molar-refractivity contribution is 0.113. The molecule has 0 aromatic carbocycles. The van der Waals surface area contributed by atoms with E-state index in [-0.39, 0.29) is 12.0 Å². The van der Waals surface area contributed by atoms with Crippen molar-refractivity contribution >= 4 is 11.6 Å². The minimum atomic E-state index is -0.246. The fraction of sp³-hybridized carbons (Fsp3) is 0.786. The normalized spacial score (nSPS) is 18.6. The number of nitrogens with two attached hydrogens (primary N) is 1. The van der Waals surface area contributed by atoms with Crippen molar-refractivity contribution < 1.29 is 5.11 Å². The lowest BCUT2D eigenvalue weighted by atomic mass is 9.79. The lowest BCUT2D eigenvalue weighted by Gasteiger charge is -2.31. The van der Waals surface area contributed by atoms with Crippen LogP contribution in [0.4, 0.5) is 0 Å². The third-order valence-corrected chi connectivity index (χ3v) is 4.67. The first-order chi connectivity index (χ1) is 9.05. The van der Waals surface area contributed by atoms with E-state index in [2.05, 4.69) is 12.0 Å². The van der Waals surface area contributed by atoms with E-state index in [1.54, 1.807) is 0 Å². The summed E-state index contributed by atoms with van der Waals surface area (Å²) in [6, 6.07) is 0. The van der Waals surface area contributed by atoms with Crippen molar-refractivity contribution in [3.63, 3.8) is 0 Å². The van der Waals surface area contributed by atoms with Gasteiger partial charge < -0.3 is 10.8 Å². The standard InChI is InChI=1S/C14H24ClN3O/c1-3-18-12(13(15)10(2)17-18)7-14(8-16,9-19)6-11-4-5-11/h11,19H,3-9,16H2,1-2H3. The smallest absolute Gasteiger partial charge is 0.0847 e. The van der Waals surface area contributed by atoms with Crippen molar-refractivity contribution in [3.05, 3.63) is 16.4 Å². The third-order valence-electron chi connectivity index (χ3n) is 4.18. The van der Waals surface area contributed by atoms with Crippen molar-refractivity contribution in [1.29, 1.82) is 0 Å². The highest BCUT2D eigenvalue weighted by atomic mass is 35.5. The van der Waals surface area contributed by atoms with Gasteiger partial charge in [0.1, 0.15) is 0 Å². The molecule has 3 N–H and O–H groups in total. The van der Waals surface area contributed by atoms with Gasteiger partial charge in [-0.3, -0.25) is 4.68 Å². The minimum Gasteiger partial charge on any atom is -0.396 e. The Labute approximate surface area is 119 Å². The molecule has 0 aliphatic heterocycles. The van der Waals surface area contributed by atoms with Crippen LogP contribution in [0.5, 0.6) is 0 Å². The molecule has 1 aromatic rings. The zero-order chi connectivity index (χ0) is 14.0. The molecule has 1 heterocycles. The highest BCUT2D eigenvalue weighted by Crippen LogP contribution is 2.42. The Balaban J connectivity index is 2.24. The summed E-state index contributed by atoms with van der Waals surface area (Å²) in [5, 5.41) is 15.0. The van der Waals surface area contributed by atoms with E-state index in [9.17, 15) is 5.11 Å². The Hall–Kier alpha value is -0.580. The van der Waals surface area contributed by atoms with Crippen LogP contribution in [0.3, 0.4) is 0 Å². The number of nitrogens with zero attached hydrogens (tertiary/aromatic N) is 2. The Morgan fingerprint density at radius 2 is 2.21 bits per heavy atom. The van der Waals surface area contributed by atoms with Gasteiger partial charge in [-0.2, -0.15) is 5.10 Å². The highest BCUT2D eigenvalue weighted by Gasteiger charge is 2.37. The molecule has 1 aliphatic rings. The van der Waals surface area contributed by atoms with Gasteiger partial charge in [0.2, 0.25) is 0 Å². The van der Waals surface area contributed by atoms with Gasteiger partial charge in [0.15, 0.2) is 0 Å². The van der Waals surface area contributed by atoms with Crippen LogP contribution < -0.4 is 5.73 Å². The van der Waals surface area contributed by atoms with Crippen LogP contribution in [0.25, 0.3) is 0 Å². The van der Waals surface area contributed by atoms with Crippen molar-refractivity contribution in [3.8, 4) is 0 Å². The van der Waals surface area contributed by atoms with Crippen molar-refractivity contribution in [2.75, 3.05) is 13.2 Å². The number of halogens is 1. The number of hydrogen-bond acceptors (Lipinski definition) is 3. The second-order valence-corrected chi connectivity index (χ2v) is 6.23. The molecule has 1 saturated carbocycles. The largest absolute Gasteiger partial charge is 0.396 e. The van der Waals surface area contributed by atoms with Gasteiger partial charge >= 0.3 is 0 Å². The van der Waals surface area contributed by atoms with Crippen LogP contribution >= 0.6 is 11.6 Å². The molecule has 1 fully saturated rings. The van der Waals surface area contributed by atoms with Gasteiger partial charge in [0.25, 0.3) is 0 Å². The Kier molecular flexibility index (Phi) is 4.54. The van der Waals surface area contributed by atoms with Crippen LogP contribution in [-0.2, 0) is 13.0 Å². The topological polar surface area (TPSA) is 64.1 Å². The van der Waals surface area contributed by atoms with E-state index in [1.165, 1.54) is 12.8 Å². The van der Waals surface area contributed by atoms with Gasteiger partial charge in [-0.05, 0) is 32.6 Å². The first kappa shape index (κ1) is 14.8. The van der Waals surface area contributed by atoms with E-state index in [1.807, 2.05) is 11.6 Å². The lowest BCUT2D eigenvalue weighted by Crippen LogP contribution is -2.37. The monoisotopic (exact) mass is 285 g/mol. The summed E-state index contributed by atoms with van der Waals surface area (Å²) in [5.41, 5.74) is 7.58. The van der Waals surface area contributed by atoms with Crippen LogP contribution in [0.15, 0.2) is 0 Å². The van der Waals surface area contributed by atoms with Gasteiger partial charge in [-0.15, -0.1) is 0 Å². The molecule has 19 heavy (non-hydrogen) atoms. The summed E-state index contributed by atoms with van der Waals surface area (Å²) >= 11 is 6.36. The number of aliphatic hydroxyl groups is 1. The van der Waals surface area contributed by atoms with E-state index < -0.39 is 0 Å². The summed E-state index contributed by atoms with van der Waals surface area (Å²) in [7, 11) is 0. The van der Waals surface area contributed by atoms with Crippen LogP contribution in [0, 0.1) is 18.3 Å². The predicted octanol–water partition coefficient (Wildman–Crippen LogP) is 2.14. The number of rotatable bonds is 7. The summed E-state index contributed by atoms with van der Waals surface area (Å²) < 4.78 is 1.94. The molecule has 2 rings (SSSR count). The molecule has 4 nitrogen and oxygen atoms in total. The van der Waals surface area contributed by atoms with Gasteiger partial charge in [-0.1, -0.05) is 24.4 Å². The molecule has 1 aromatic heterocycles. The van der Waals surface area contributed by atoms with E-state index >= 15 is 0 Å². The quantitative estimate of drug-likeness (QED) is 0.807. The predicted molar refractivity (Wildman–Crippen MR) is 77.3 cm³/mol. The average molecular weight is 286 g/mol. The fourth-order valence-corrected chi connectivity index (χ4v) is 2.94. The fourth-order valence-electron chi connectivity index (χ4n) is 2.74. The van der Waals surface area contributed by atoms with Gasteiger partial charge in [-0.25, -0.2) is 0 Å². The molecule has 0 bridgehead atoms. The first-order valence-corrected chi connectivity index (χ1v) is 7.45. The molecular formula is C14H24ClN3O. The zero-order valence-corrected chi connectivity index (χ0v) is 12.6. The summed E-state index contributed by atoms with van der Waals surface area (Å²) in [5.74, 6) is 0.730. The number of aliphatic hydroxyl groups excluding tert-OH is 1. The van der Waals surface area contributed by atoms with Crippen molar-refractivity contribution in [1.82, 2.24) is 9.78 Å². The zero-order valence-electron chi connectivity index (χ0n) is 11.8. The average Bonchev–Trinajstić information content (AvgIpc) is 3.19. The van der Waals surface area contributed by atoms with Gasteiger partial charge in [0.05, 0.1) is 23.0 Å². The molecule has 0 radical (unpaired) electrons. The van der Waals surface area contributed by atoms with Gasteiger partial charge in [0, 0.05) is 18.5 Å². The summed E-state index contributed by atoms with van der Waals surface area (Å²) in [6.07, 6.45) is 4.23. The number of aromatic nitrogens is 2. The maximum Gasteiger partial charge on any atom is 0.0847 e. The Morgan fingerprint density at radius 1 is 1.53 bits per heavy atom. The molecule has 1 unspecified atom stereocenters. The molecule has 5 heteroatoms. The Bertz CT molecular complexity index is 436. The summed E-state index contributed by atoms with van der Waals surface area (Å²) in [4.78, 5) is 0. The van der Waals surface area contributed by atoms with E-state index in [4.69, 9.17) is 17.3 Å². The molecule has 1 aliphatic carbocycles. The van der Waals surface area contributed by atoms with Crippen LogP contribution in [-0.4, -0.2) is 28.0 Å². The SMILES string of the molecule is CCn1nc(C)c(Cl)c1CC(CN)(CO)CC1CC1. The molecule has 0 amide bonds. The second-order valence-electron chi connectivity index (χ2n) is 5.85. The number of hydrogen-bond donors (Lipinski definition) is 2. The molecular weight excluding hydrogens is 262 g/mol. The third kappa shape index (κ3) is 3.12. The van der Waals surface area contributed by atoms with Crippen LogP contribution in [0.2, 0.25) is 5.02 Å². The van der Waals surface area contributed by atoms with Crippen molar-refractivity contribution in [2.24, 2.45) is 17.1 Å². The molecule has 0 spiro atoms. The van der Waals surface area contributed by atoms with E-state index in [0.717, 1.165) is 35.3 Å². The van der Waals surface area contributed by atoms with Crippen molar-refractivity contribution in [2.45, 2.75) is 46.1 Å². The second kappa shape index (κ2) is 5.81. The highest BCUT2D eigenvalue weighted by molar-refractivity contribution is 6.31. The minimum absolute atomic E-state index is 0.115. The molecule has 1 atom stereocenters. The summed E-state index contributed by atoms with van der Waals surface area (Å²) in [6.45, 7) is 5.37. The maximum absolute atomic E-state index is 9.82. The van der Waals surface area contributed by atoms with Crippen LogP contribution in [0.1, 0.15) is 37.6 Å². The Morgan fingerprint density at radius 3 is 2.68 bits per heavy atom.